The summed E-state index contributed by atoms with van der Waals surface area (Å²) in [7, 11) is 0. The lowest BCUT2D eigenvalue weighted by Gasteiger charge is -2.40. The van der Waals surface area contributed by atoms with Gasteiger partial charge in [0.15, 0.2) is 11.5 Å². The van der Waals surface area contributed by atoms with Crippen LogP contribution in [0.5, 0.6) is 5.75 Å². The highest BCUT2D eigenvalue weighted by molar-refractivity contribution is 5.92. The van der Waals surface area contributed by atoms with Crippen molar-refractivity contribution in [1.82, 2.24) is 19.9 Å². The lowest BCUT2D eigenvalue weighted by Crippen LogP contribution is -2.54. The molecule has 2 fully saturated rings. The Morgan fingerprint density at radius 1 is 1.09 bits per heavy atom. The van der Waals surface area contributed by atoms with E-state index in [1.807, 2.05) is 4.90 Å². The molecule has 0 radical (unpaired) electrons. The minimum absolute atomic E-state index is 0.0473. The summed E-state index contributed by atoms with van der Waals surface area (Å²) in [4.78, 5) is 30.3. The number of piperazine rings is 1. The molecule has 0 aliphatic carbocycles. The molecule has 9 nitrogen and oxygen atoms in total. The molecule has 10 heteroatoms. The third-order valence-corrected chi connectivity index (χ3v) is 6.32. The van der Waals surface area contributed by atoms with Gasteiger partial charge < -0.3 is 24.2 Å². The second-order valence-corrected chi connectivity index (χ2v) is 8.47. The van der Waals surface area contributed by atoms with Crippen molar-refractivity contribution < 1.29 is 28.3 Å². The fourth-order valence-electron chi connectivity index (χ4n) is 4.40. The number of nitrogens with zero attached hydrogens (tertiary/aromatic N) is 4. The second-order valence-electron chi connectivity index (χ2n) is 8.47. The number of ether oxygens (including phenoxy) is 1. The smallest absolute Gasteiger partial charge is 0.276 e. The van der Waals surface area contributed by atoms with Crippen molar-refractivity contribution in [3.05, 3.63) is 47.6 Å². The molecule has 2 aliphatic heterocycles. The number of aliphatic hydroxyl groups is 1. The molecule has 2 aliphatic rings. The van der Waals surface area contributed by atoms with Crippen LogP contribution in [0.3, 0.4) is 0 Å². The van der Waals surface area contributed by atoms with Gasteiger partial charge in [-0.15, -0.1) is 0 Å². The molecule has 1 aromatic carbocycles. The highest BCUT2D eigenvalue weighted by Gasteiger charge is 2.33. The number of hydrogen-bond donors (Lipinski definition) is 1. The molecule has 2 aromatic rings. The molecule has 0 unspecified atom stereocenters. The number of aliphatic hydroxyl groups excluding tert-OH is 1. The van der Waals surface area contributed by atoms with Gasteiger partial charge in [-0.25, -0.2) is 4.39 Å². The summed E-state index contributed by atoms with van der Waals surface area (Å²) in [5.74, 6) is 0.345. The Balaban J connectivity index is 1.31. The number of hydrogen-bond acceptors (Lipinski definition) is 7. The predicted molar refractivity (Wildman–Crippen MR) is 116 cm³/mol. The Morgan fingerprint density at radius 2 is 1.79 bits per heavy atom. The Kier molecular flexibility index (Phi) is 7.24. The minimum atomic E-state index is -0.538. The van der Waals surface area contributed by atoms with Crippen LogP contribution in [0.4, 0.5) is 4.39 Å². The summed E-state index contributed by atoms with van der Waals surface area (Å²) in [5, 5.41) is 14.6. The zero-order valence-electron chi connectivity index (χ0n) is 18.7. The first-order valence-corrected chi connectivity index (χ1v) is 11.2. The fraction of sp³-hybridized carbons (Fsp3) is 0.522. The summed E-state index contributed by atoms with van der Waals surface area (Å²) in [6.45, 7) is 5.32. The largest absolute Gasteiger partial charge is 0.486 e. The Labute approximate surface area is 191 Å². The van der Waals surface area contributed by atoms with Crippen molar-refractivity contribution in [2.75, 3.05) is 39.3 Å². The van der Waals surface area contributed by atoms with Crippen LogP contribution in [0.15, 0.2) is 34.9 Å². The zero-order chi connectivity index (χ0) is 23.4. The molecular formula is C23H29FN4O5. The quantitative estimate of drug-likeness (QED) is 0.722. The third kappa shape index (κ3) is 5.69. The number of aromatic nitrogens is 1. The van der Waals surface area contributed by atoms with Crippen LogP contribution in [0.2, 0.25) is 0 Å². The van der Waals surface area contributed by atoms with Crippen LogP contribution in [-0.4, -0.2) is 88.2 Å². The monoisotopic (exact) mass is 460 g/mol. The Bertz CT molecular complexity index is 958. The lowest BCUT2D eigenvalue weighted by atomic mass is 10.0. The average Bonchev–Trinajstić information content (AvgIpc) is 3.21. The van der Waals surface area contributed by atoms with E-state index in [-0.39, 0.29) is 36.0 Å². The highest BCUT2D eigenvalue weighted by Crippen LogP contribution is 2.21. The molecule has 1 aromatic heterocycles. The summed E-state index contributed by atoms with van der Waals surface area (Å²) in [5.41, 5.74) is 0.190. The molecule has 4 rings (SSSR count). The van der Waals surface area contributed by atoms with Crippen molar-refractivity contribution in [2.45, 2.75) is 38.5 Å². The van der Waals surface area contributed by atoms with E-state index in [1.165, 1.54) is 24.3 Å². The minimum Gasteiger partial charge on any atom is -0.486 e. The molecule has 0 saturated carbocycles. The fourth-order valence-corrected chi connectivity index (χ4v) is 4.40. The SMILES string of the molecule is CC(=O)N1CCN([C@H]2CCN(C(=O)c3cc(COc4ccc(F)cc4)on3)CC[C@@H]2O)CC1. The maximum Gasteiger partial charge on any atom is 0.276 e. The van der Waals surface area contributed by atoms with Crippen molar-refractivity contribution in [3.8, 4) is 5.75 Å². The van der Waals surface area contributed by atoms with Crippen LogP contribution in [-0.2, 0) is 11.4 Å². The van der Waals surface area contributed by atoms with Gasteiger partial charge in [-0.05, 0) is 37.1 Å². The first-order chi connectivity index (χ1) is 15.9. The van der Waals surface area contributed by atoms with E-state index in [1.54, 1.807) is 17.9 Å². The van der Waals surface area contributed by atoms with Gasteiger partial charge in [0.05, 0.1) is 6.10 Å². The normalized spacial score (nSPS) is 22.2. The van der Waals surface area contributed by atoms with Gasteiger partial charge >= 0.3 is 0 Å². The first-order valence-electron chi connectivity index (χ1n) is 11.2. The van der Waals surface area contributed by atoms with E-state index >= 15 is 0 Å². The van der Waals surface area contributed by atoms with Gasteiger partial charge in [-0.1, -0.05) is 5.16 Å². The maximum absolute atomic E-state index is 13.0. The number of halogens is 1. The number of rotatable bonds is 5. The van der Waals surface area contributed by atoms with E-state index in [4.69, 9.17) is 9.26 Å². The molecule has 0 bridgehead atoms. The second kappa shape index (κ2) is 10.3. The molecule has 0 spiro atoms. The van der Waals surface area contributed by atoms with E-state index < -0.39 is 6.10 Å². The predicted octanol–water partition coefficient (Wildman–Crippen LogP) is 1.52. The maximum atomic E-state index is 13.0. The van der Waals surface area contributed by atoms with Gasteiger partial charge in [0.1, 0.15) is 18.2 Å². The third-order valence-electron chi connectivity index (χ3n) is 6.32. The van der Waals surface area contributed by atoms with Gasteiger partial charge in [-0.3, -0.25) is 14.5 Å². The van der Waals surface area contributed by atoms with E-state index in [0.29, 0.717) is 50.5 Å². The number of amides is 2. The van der Waals surface area contributed by atoms with E-state index in [2.05, 4.69) is 10.1 Å². The lowest BCUT2D eigenvalue weighted by molar-refractivity contribution is -0.131. The van der Waals surface area contributed by atoms with Crippen LogP contribution >= 0.6 is 0 Å². The molecule has 2 atom stereocenters. The van der Waals surface area contributed by atoms with Crippen molar-refractivity contribution in [2.24, 2.45) is 0 Å². The van der Waals surface area contributed by atoms with Gasteiger partial charge in [0.2, 0.25) is 5.91 Å². The van der Waals surface area contributed by atoms with E-state index in [9.17, 15) is 19.1 Å². The van der Waals surface area contributed by atoms with Gasteiger partial charge in [0, 0.05) is 58.3 Å². The molecule has 1 N–H and O–H groups in total. The summed E-state index contributed by atoms with van der Waals surface area (Å²) < 4.78 is 23.8. The average molecular weight is 461 g/mol. The number of carbonyl (C=O) groups excluding carboxylic acids is 2. The van der Waals surface area contributed by atoms with Crippen LogP contribution in [0, 0.1) is 5.82 Å². The molecule has 2 saturated heterocycles. The molecule has 178 valence electrons. The number of likely N-dealkylation sites (tertiary alicyclic amines) is 1. The van der Waals surface area contributed by atoms with Crippen LogP contribution in [0.25, 0.3) is 0 Å². The summed E-state index contributed by atoms with van der Waals surface area (Å²) in [6.07, 6.45) is 0.580. The first kappa shape index (κ1) is 23.2. The Hall–Kier alpha value is -2.98. The molecular weight excluding hydrogens is 431 g/mol. The highest BCUT2D eigenvalue weighted by atomic mass is 19.1. The summed E-state index contributed by atoms with van der Waals surface area (Å²) in [6, 6.07) is 7.12. The Morgan fingerprint density at radius 3 is 2.48 bits per heavy atom. The standard InChI is InChI=1S/C23H29FN4O5/c1-16(29)26-10-12-27(13-11-26)21-6-8-28(9-7-22(21)30)23(31)20-14-19(33-25-20)15-32-18-4-2-17(24)3-5-18/h2-5,14,21-22,30H,6-13,15H2,1H3/t21-,22-/m0/s1. The number of benzene rings is 1. The molecule has 3 heterocycles. The van der Waals surface area contributed by atoms with Crippen molar-refractivity contribution in [3.63, 3.8) is 0 Å². The van der Waals surface area contributed by atoms with Crippen molar-refractivity contribution in [1.29, 1.82) is 0 Å². The molecule has 2 amide bonds. The van der Waals surface area contributed by atoms with Crippen LogP contribution in [0.1, 0.15) is 36.0 Å². The van der Waals surface area contributed by atoms with Gasteiger partial charge in [-0.2, -0.15) is 0 Å². The van der Waals surface area contributed by atoms with Crippen molar-refractivity contribution >= 4 is 11.8 Å². The topological polar surface area (TPSA) is 99.4 Å². The summed E-state index contributed by atoms with van der Waals surface area (Å²) >= 11 is 0. The van der Waals surface area contributed by atoms with Gasteiger partial charge in [0.25, 0.3) is 5.91 Å². The van der Waals surface area contributed by atoms with E-state index in [0.717, 1.165) is 13.1 Å². The van der Waals surface area contributed by atoms with Crippen LogP contribution < -0.4 is 4.74 Å². The zero-order valence-corrected chi connectivity index (χ0v) is 18.7. The molecule has 33 heavy (non-hydrogen) atoms. The number of carbonyl (C=O) groups is 2.